The van der Waals surface area contributed by atoms with Crippen LogP contribution >= 0.6 is 0 Å². The van der Waals surface area contributed by atoms with Gasteiger partial charge in [0.1, 0.15) is 30.2 Å². The number of benzene rings is 1. The first kappa shape index (κ1) is 14.2. The third kappa shape index (κ3) is 5.48. The number of hydrogen-bond acceptors (Lipinski definition) is 4. The fourth-order valence-electron chi connectivity index (χ4n) is 1.35. The lowest BCUT2D eigenvalue weighted by atomic mass is 10.1. The van der Waals surface area contributed by atoms with Crippen LogP contribution in [0.5, 0.6) is 5.75 Å². The van der Waals surface area contributed by atoms with Crippen LogP contribution in [-0.4, -0.2) is 24.0 Å². The number of carbonyl (C=O) groups excluding carboxylic acids is 2. The number of para-hydroxylation sites is 1. The van der Waals surface area contributed by atoms with Crippen molar-refractivity contribution in [2.45, 2.75) is 32.8 Å². The third-order valence-corrected chi connectivity index (χ3v) is 2.11. The van der Waals surface area contributed by atoms with Crippen molar-refractivity contribution in [3.8, 4) is 5.75 Å². The van der Waals surface area contributed by atoms with Crippen LogP contribution in [0.15, 0.2) is 30.3 Å². The van der Waals surface area contributed by atoms with Crippen molar-refractivity contribution in [1.82, 2.24) is 0 Å². The first-order valence-electron chi connectivity index (χ1n) is 5.78. The van der Waals surface area contributed by atoms with Crippen LogP contribution in [0.1, 0.15) is 27.2 Å². The molecule has 0 amide bonds. The third-order valence-electron chi connectivity index (χ3n) is 2.11. The monoisotopic (exact) mass is 250 g/mol. The zero-order valence-electron chi connectivity index (χ0n) is 10.9. The summed E-state index contributed by atoms with van der Waals surface area (Å²) in [6.07, 6.45) is -0.193. The van der Waals surface area contributed by atoms with E-state index in [4.69, 9.17) is 9.47 Å². The summed E-state index contributed by atoms with van der Waals surface area (Å²) in [5.41, 5.74) is -0.631. The molecule has 98 valence electrons. The molecule has 0 heterocycles. The number of hydrogen-bond donors (Lipinski definition) is 0. The molecule has 0 fully saturated rings. The maximum absolute atomic E-state index is 11.3. The van der Waals surface area contributed by atoms with Crippen molar-refractivity contribution >= 4 is 11.8 Å². The Kier molecular flexibility index (Phi) is 4.89. The van der Waals surface area contributed by atoms with Crippen molar-refractivity contribution in [3.63, 3.8) is 0 Å². The summed E-state index contributed by atoms with van der Waals surface area (Å²) in [4.78, 5) is 22.0. The molecule has 0 aliphatic carbocycles. The highest BCUT2D eigenvalue weighted by Crippen LogP contribution is 2.18. The second kappa shape index (κ2) is 6.19. The molecule has 1 aromatic carbocycles. The first-order valence-corrected chi connectivity index (χ1v) is 5.78. The highest BCUT2D eigenvalue weighted by Gasteiger charge is 2.22. The van der Waals surface area contributed by atoms with E-state index in [0.29, 0.717) is 5.75 Å². The van der Waals surface area contributed by atoms with E-state index in [1.165, 1.54) is 6.92 Å². The molecule has 1 aromatic rings. The van der Waals surface area contributed by atoms with Crippen molar-refractivity contribution in [2.24, 2.45) is 0 Å². The number of ether oxygens (including phenoxy) is 2. The summed E-state index contributed by atoms with van der Waals surface area (Å²) in [7, 11) is 0. The Balaban J connectivity index is 2.45. The lowest BCUT2D eigenvalue weighted by molar-refractivity contribution is -0.150. The van der Waals surface area contributed by atoms with Crippen LogP contribution in [0.2, 0.25) is 0 Å². The topological polar surface area (TPSA) is 52.6 Å². The van der Waals surface area contributed by atoms with Gasteiger partial charge >= 0.3 is 5.97 Å². The Morgan fingerprint density at radius 3 is 2.33 bits per heavy atom. The first-order chi connectivity index (χ1) is 8.39. The maximum atomic E-state index is 11.3. The fourth-order valence-corrected chi connectivity index (χ4v) is 1.35. The minimum atomic E-state index is -0.631. The Labute approximate surface area is 107 Å². The molecule has 18 heavy (non-hydrogen) atoms. The van der Waals surface area contributed by atoms with E-state index < -0.39 is 11.6 Å². The molecule has 0 bridgehead atoms. The molecule has 1 rings (SSSR count). The SMILES string of the molecule is CC(=O)CC(=O)OCC(C)(C)Oc1ccccc1. The van der Waals surface area contributed by atoms with Gasteiger partial charge in [0.2, 0.25) is 0 Å². The van der Waals surface area contributed by atoms with E-state index in [1.807, 2.05) is 44.2 Å². The Morgan fingerprint density at radius 1 is 1.17 bits per heavy atom. The van der Waals surface area contributed by atoms with Gasteiger partial charge in [-0.2, -0.15) is 0 Å². The van der Waals surface area contributed by atoms with Gasteiger partial charge < -0.3 is 9.47 Å². The number of Topliss-reactive ketones (excluding diaryl/α,β-unsaturated/α-hetero) is 1. The molecule has 0 spiro atoms. The Bertz CT molecular complexity index is 409. The second-order valence-corrected chi connectivity index (χ2v) is 4.71. The number of rotatable bonds is 6. The van der Waals surface area contributed by atoms with Crippen molar-refractivity contribution in [1.29, 1.82) is 0 Å². The maximum Gasteiger partial charge on any atom is 0.313 e. The molecule has 0 aliphatic rings. The minimum absolute atomic E-state index is 0.105. The summed E-state index contributed by atoms with van der Waals surface area (Å²) in [5.74, 6) is -0.0147. The Morgan fingerprint density at radius 2 is 1.78 bits per heavy atom. The minimum Gasteiger partial charge on any atom is -0.484 e. The molecule has 0 aromatic heterocycles. The summed E-state index contributed by atoms with van der Waals surface area (Å²) in [6, 6.07) is 9.30. The number of esters is 1. The zero-order valence-corrected chi connectivity index (χ0v) is 10.9. The van der Waals surface area contributed by atoms with Gasteiger partial charge in [-0.15, -0.1) is 0 Å². The number of ketones is 1. The van der Waals surface area contributed by atoms with E-state index in [2.05, 4.69) is 0 Å². The Hall–Kier alpha value is -1.84. The summed E-state index contributed by atoms with van der Waals surface area (Å²) >= 11 is 0. The summed E-state index contributed by atoms with van der Waals surface area (Å²) < 4.78 is 10.7. The van der Waals surface area contributed by atoms with Gasteiger partial charge in [-0.1, -0.05) is 18.2 Å². The molecule has 0 atom stereocenters. The quantitative estimate of drug-likeness (QED) is 0.574. The largest absolute Gasteiger partial charge is 0.484 e. The predicted molar refractivity (Wildman–Crippen MR) is 67.4 cm³/mol. The van der Waals surface area contributed by atoms with Crippen molar-refractivity contribution in [3.05, 3.63) is 30.3 Å². The molecule has 4 nitrogen and oxygen atoms in total. The standard InChI is InChI=1S/C14H18O4/c1-11(15)9-13(16)17-10-14(2,3)18-12-7-5-4-6-8-12/h4-8H,9-10H2,1-3H3. The van der Waals surface area contributed by atoms with Crippen LogP contribution in [-0.2, 0) is 14.3 Å². The van der Waals surface area contributed by atoms with E-state index in [1.54, 1.807) is 0 Å². The lowest BCUT2D eigenvalue weighted by Crippen LogP contribution is -2.35. The fraction of sp³-hybridized carbons (Fsp3) is 0.429. The molecule has 4 heteroatoms. The normalized spacial score (nSPS) is 10.8. The van der Waals surface area contributed by atoms with Gasteiger partial charge in [-0.25, -0.2) is 0 Å². The van der Waals surface area contributed by atoms with Crippen LogP contribution in [0.25, 0.3) is 0 Å². The number of carbonyl (C=O) groups is 2. The van der Waals surface area contributed by atoms with Crippen LogP contribution in [0, 0.1) is 0 Å². The molecular weight excluding hydrogens is 232 g/mol. The average Bonchev–Trinajstić information content (AvgIpc) is 2.26. The van der Waals surface area contributed by atoms with E-state index in [9.17, 15) is 9.59 Å². The van der Waals surface area contributed by atoms with Crippen LogP contribution in [0.3, 0.4) is 0 Å². The van der Waals surface area contributed by atoms with Crippen molar-refractivity contribution in [2.75, 3.05) is 6.61 Å². The second-order valence-electron chi connectivity index (χ2n) is 4.71. The van der Waals surface area contributed by atoms with E-state index in [-0.39, 0.29) is 18.8 Å². The molecule has 0 N–H and O–H groups in total. The summed E-state index contributed by atoms with van der Waals surface area (Å²) in [5, 5.41) is 0. The molecule has 0 radical (unpaired) electrons. The molecule has 0 saturated heterocycles. The average molecular weight is 250 g/mol. The van der Waals surface area contributed by atoms with E-state index in [0.717, 1.165) is 0 Å². The highest BCUT2D eigenvalue weighted by molar-refractivity contribution is 5.94. The van der Waals surface area contributed by atoms with Crippen LogP contribution in [0.4, 0.5) is 0 Å². The summed E-state index contributed by atoms with van der Waals surface area (Å²) in [6.45, 7) is 5.10. The van der Waals surface area contributed by atoms with Gasteiger partial charge in [-0.3, -0.25) is 9.59 Å². The van der Waals surface area contributed by atoms with Gasteiger partial charge in [0.25, 0.3) is 0 Å². The van der Waals surface area contributed by atoms with E-state index >= 15 is 0 Å². The highest BCUT2D eigenvalue weighted by atomic mass is 16.6. The van der Waals surface area contributed by atoms with Crippen LogP contribution < -0.4 is 4.74 Å². The van der Waals surface area contributed by atoms with Crippen molar-refractivity contribution < 1.29 is 19.1 Å². The molecule has 0 unspecified atom stereocenters. The smallest absolute Gasteiger partial charge is 0.313 e. The molecule has 0 aliphatic heterocycles. The van der Waals surface area contributed by atoms with Gasteiger partial charge in [-0.05, 0) is 32.9 Å². The van der Waals surface area contributed by atoms with Gasteiger partial charge in [0, 0.05) is 0 Å². The van der Waals surface area contributed by atoms with Gasteiger partial charge in [0.15, 0.2) is 0 Å². The van der Waals surface area contributed by atoms with Gasteiger partial charge in [0.05, 0.1) is 0 Å². The lowest BCUT2D eigenvalue weighted by Gasteiger charge is -2.25. The predicted octanol–water partition coefficient (Wildman–Crippen LogP) is 2.37. The molecule has 0 saturated carbocycles. The zero-order chi connectivity index (χ0) is 13.6. The molecular formula is C14H18O4.